The molecule has 0 bridgehead atoms. The monoisotopic (exact) mass is 351 g/mol. The van der Waals surface area contributed by atoms with Crippen LogP contribution in [0.2, 0.25) is 0 Å². The van der Waals surface area contributed by atoms with Gasteiger partial charge < -0.3 is 14.2 Å². The van der Waals surface area contributed by atoms with Gasteiger partial charge in [0.15, 0.2) is 11.6 Å². The summed E-state index contributed by atoms with van der Waals surface area (Å²) >= 11 is 0. The molecule has 2 aromatic heterocycles. The van der Waals surface area contributed by atoms with E-state index in [1.165, 1.54) is 13.2 Å². The first-order valence-electron chi connectivity index (χ1n) is 8.81. The molecule has 3 aromatic rings. The largest absolute Gasteiger partial charge is 0.494 e. The third kappa shape index (κ3) is 2.14. The van der Waals surface area contributed by atoms with E-state index in [2.05, 4.69) is 4.98 Å². The van der Waals surface area contributed by atoms with Crippen molar-refractivity contribution < 1.29 is 13.9 Å². The second kappa shape index (κ2) is 5.56. The molecule has 5 rings (SSSR count). The van der Waals surface area contributed by atoms with Gasteiger partial charge in [0.05, 0.1) is 18.1 Å². The molecular weight excluding hydrogens is 333 g/mol. The molecule has 1 amide bonds. The summed E-state index contributed by atoms with van der Waals surface area (Å²) in [5.41, 5.74) is 3.61. The van der Waals surface area contributed by atoms with Crippen LogP contribution in [0.5, 0.6) is 5.75 Å². The molecule has 1 fully saturated rings. The molecule has 26 heavy (non-hydrogen) atoms. The number of hydrogen-bond donors (Lipinski definition) is 0. The zero-order valence-electron chi connectivity index (χ0n) is 14.4. The fourth-order valence-corrected chi connectivity index (χ4v) is 3.90. The van der Waals surface area contributed by atoms with Gasteiger partial charge in [-0.05, 0) is 42.7 Å². The highest BCUT2D eigenvalue weighted by Crippen LogP contribution is 2.39. The van der Waals surface area contributed by atoms with Gasteiger partial charge in [0.2, 0.25) is 0 Å². The van der Waals surface area contributed by atoms with E-state index in [9.17, 15) is 9.18 Å². The lowest BCUT2D eigenvalue weighted by atomic mass is 10.0. The van der Waals surface area contributed by atoms with E-state index in [1.54, 1.807) is 18.3 Å². The van der Waals surface area contributed by atoms with Crippen LogP contribution in [0.25, 0.3) is 22.2 Å². The minimum atomic E-state index is -0.448. The van der Waals surface area contributed by atoms with Crippen LogP contribution in [-0.4, -0.2) is 40.1 Å². The van der Waals surface area contributed by atoms with Gasteiger partial charge in [0.1, 0.15) is 5.69 Å². The first kappa shape index (κ1) is 15.4. The zero-order chi connectivity index (χ0) is 17.8. The topological polar surface area (TPSA) is 47.4 Å². The highest BCUT2D eigenvalue weighted by molar-refractivity contribution is 6.09. The molecule has 0 atom stereocenters. The van der Waals surface area contributed by atoms with Gasteiger partial charge in [-0.25, -0.2) is 4.39 Å². The minimum absolute atomic E-state index is 0.0166. The number of pyridine rings is 1. The highest BCUT2D eigenvalue weighted by atomic mass is 19.1. The van der Waals surface area contributed by atoms with Gasteiger partial charge in [-0.2, -0.15) is 0 Å². The van der Waals surface area contributed by atoms with Gasteiger partial charge in [0.25, 0.3) is 5.91 Å². The van der Waals surface area contributed by atoms with Gasteiger partial charge in [-0.1, -0.05) is 6.07 Å². The maximum atomic E-state index is 14.3. The number of nitrogens with zero attached hydrogens (tertiary/aromatic N) is 3. The van der Waals surface area contributed by atoms with Crippen LogP contribution in [0.1, 0.15) is 23.3 Å². The molecule has 1 aromatic carbocycles. The van der Waals surface area contributed by atoms with E-state index in [0.717, 1.165) is 30.4 Å². The summed E-state index contributed by atoms with van der Waals surface area (Å²) in [7, 11) is 1.44. The van der Waals surface area contributed by atoms with Crippen molar-refractivity contribution in [2.45, 2.75) is 25.4 Å². The van der Waals surface area contributed by atoms with Crippen molar-refractivity contribution >= 4 is 16.9 Å². The molecule has 5 nitrogen and oxygen atoms in total. The first-order valence-corrected chi connectivity index (χ1v) is 8.81. The lowest BCUT2D eigenvalue weighted by molar-refractivity contribution is 0.0694. The summed E-state index contributed by atoms with van der Waals surface area (Å²) in [6, 6.07) is 8.99. The van der Waals surface area contributed by atoms with Gasteiger partial charge in [-0.3, -0.25) is 9.78 Å². The Hall–Kier alpha value is -2.89. The lowest BCUT2D eigenvalue weighted by Crippen LogP contribution is -2.41. The predicted molar refractivity (Wildman–Crippen MR) is 95.7 cm³/mol. The number of methoxy groups -OCH3 is 1. The normalized spacial score (nSPS) is 16.8. The minimum Gasteiger partial charge on any atom is -0.494 e. The molecule has 2 aliphatic rings. The molecule has 0 saturated heterocycles. The molecule has 0 unspecified atom stereocenters. The number of carbonyl (C=O) groups excluding carboxylic acids is 1. The van der Waals surface area contributed by atoms with E-state index in [4.69, 9.17) is 4.74 Å². The van der Waals surface area contributed by atoms with Crippen LogP contribution in [0.4, 0.5) is 4.39 Å². The number of carbonyl (C=O) groups is 1. The Bertz CT molecular complexity index is 1040. The Morgan fingerprint density at radius 1 is 1.23 bits per heavy atom. The Kier molecular flexibility index (Phi) is 3.29. The average molecular weight is 351 g/mol. The predicted octanol–water partition coefficient (Wildman–Crippen LogP) is 3.47. The maximum Gasteiger partial charge on any atom is 0.271 e. The quantitative estimate of drug-likeness (QED) is 0.726. The number of rotatable bonds is 3. The zero-order valence-corrected chi connectivity index (χ0v) is 14.4. The van der Waals surface area contributed by atoms with Gasteiger partial charge in [0, 0.05) is 30.9 Å². The molecule has 3 heterocycles. The summed E-state index contributed by atoms with van der Waals surface area (Å²) in [6.45, 7) is 1.45. The number of amides is 1. The molecule has 1 aliphatic carbocycles. The van der Waals surface area contributed by atoms with E-state index >= 15 is 0 Å². The van der Waals surface area contributed by atoms with Crippen molar-refractivity contribution in [2.75, 3.05) is 13.7 Å². The van der Waals surface area contributed by atoms with Crippen LogP contribution in [0.15, 0.2) is 36.5 Å². The van der Waals surface area contributed by atoms with Gasteiger partial charge >= 0.3 is 0 Å². The Morgan fingerprint density at radius 3 is 2.81 bits per heavy atom. The third-order valence-electron chi connectivity index (χ3n) is 5.28. The number of halogens is 1. The SMILES string of the molecule is COc1ccc(-c2c3n(c4cccnc24)CCN(C2CC2)C3=O)cc1F. The number of fused-ring (bicyclic) bond motifs is 3. The Morgan fingerprint density at radius 2 is 2.08 bits per heavy atom. The highest BCUT2D eigenvalue weighted by Gasteiger charge is 2.39. The summed E-state index contributed by atoms with van der Waals surface area (Å²) in [5.74, 6) is -0.246. The fourth-order valence-electron chi connectivity index (χ4n) is 3.90. The van der Waals surface area contributed by atoms with Crippen molar-refractivity contribution in [1.29, 1.82) is 0 Å². The Balaban J connectivity index is 1.77. The standard InChI is InChI=1S/C20H18FN3O2/c1-26-16-7-4-12(11-14(16)21)17-18-15(3-2-8-22-18)24-10-9-23(13-5-6-13)20(25)19(17)24/h2-4,7-8,11,13H,5-6,9-10H2,1H3. The number of benzene rings is 1. The van der Waals surface area contributed by atoms with Crippen molar-refractivity contribution in [3.63, 3.8) is 0 Å². The van der Waals surface area contributed by atoms with Crippen LogP contribution in [0.3, 0.4) is 0 Å². The van der Waals surface area contributed by atoms with Crippen LogP contribution >= 0.6 is 0 Å². The van der Waals surface area contributed by atoms with Gasteiger partial charge in [-0.15, -0.1) is 0 Å². The molecule has 1 aliphatic heterocycles. The first-order chi connectivity index (χ1) is 12.7. The number of hydrogen-bond acceptors (Lipinski definition) is 3. The number of ether oxygens (including phenoxy) is 1. The van der Waals surface area contributed by atoms with Crippen molar-refractivity contribution in [3.05, 3.63) is 48.0 Å². The summed E-state index contributed by atoms with van der Waals surface area (Å²) in [4.78, 5) is 19.7. The van der Waals surface area contributed by atoms with Crippen LogP contribution < -0.4 is 4.74 Å². The molecule has 0 radical (unpaired) electrons. The third-order valence-corrected chi connectivity index (χ3v) is 5.28. The van der Waals surface area contributed by atoms with E-state index in [0.29, 0.717) is 29.4 Å². The van der Waals surface area contributed by atoms with Crippen molar-refractivity contribution in [1.82, 2.24) is 14.5 Å². The van der Waals surface area contributed by atoms with Crippen molar-refractivity contribution in [2.24, 2.45) is 0 Å². The number of aromatic nitrogens is 2. The maximum absolute atomic E-state index is 14.3. The van der Waals surface area contributed by atoms with Crippen LogP contribution in [0, 0.1) is 5.82 Å². The molecule has 0 spiro atoms. The summed E-state index contributed by atoms with van der Waals surface area (Å²) in [5, 5.41) is 0. The summed E-state index contributed by atoms with van der Waals surface area (Å²) < 4.78 is 21.4. The van der Waals surface area contributed by atoms with E-state index in [-0.39, 0.29) is 11.7 Å². The Labute approximate surface area is 150 Å². The second-order valence-electron chi connectivity index (χ2n) is 6.83. The average Bonchev–Trinajstić information content (AvgIpc) is 3.43. The van der Waals surface area contributed by atoms with Crippen LogP contribution in [-0.2, 0) is 6.54 Å². The molecule has 6 heteroatoms. The van der Waals surface area contributed by atoms with E-state index in [1.807, 2.05) is 21.6 Å². The fraction of sp³-hybridized carbons (Fsp3) is 0.300. The lowest BCUT2D eigenvalue weighted by Gasteiger charge is -2.29. The summed E-state index contributed by atoms with van der Waals surface area (Å²) in [6.07, 6.45) is 3.84. The smallest absolute Gasteiger partial charge is 0.271 e. The molecule has 132 valence electrons. The van der Waals surface area contributed by atoms with E-state index < -0.39 is 5.82 Å². The molecule has 0 N–H and O–H groups in total. The second-order valence-corrected chi connectivity index (χ2v) is 6.83. The van der Waals surface area contributed by atoms with Crippen molar-refractivity contribution in [3.8, 4) is 16.9 Å². The molecular formula is C20H18FN3O2. The molecule has 1 saturated carbocycles.